The van der Waals surface area contributed by atoms with Crippen LogP contribution in [-0.2, 0) is 0 Å². The van der Waals surface area contributed by atoms with Gasteiger partial charge in [-0.05, 0) is 31.4 Å². The molecule has 2 aromatic heterocycles. The van der Waals surface area contributed by atoms with E-state index < -0.39 is 0 Å². The number of nitrogens with one attached hydrogen (secondary N) is 2. The van der Waals surface area contributed by atoms with Crippen LogP contribution in [0.4, 0.5) is 5.82 Å². The number of hydrogen-bond acceptors (Lipinski definition) is 5. The molecule has 3 aromatic rings. The van der Waals surface area contributed by atoms with E-state index in [1.54, 1.807) is 12.5 Å². The highest BCUT2D eigenvalue weighted by Gasteiger charge is 2.26. The molecule has 0 unspecified atom stereocenters. The van der Waals surface area contributed by atoms with Crippen molar-refractivity contribution in [2.75, 3.05) is 18.0 Å². The number of amides is 1. The van der Waals surface area contributed by atoms with Gasteiger partial charge in [0.1, 0.15) is 12.1 Å². The van der Waals surface area contributed by atoms with Gasteiger partial charge in [0.05, 0.1) is 11.6 Å². The topological polar surface area (TPSA) is 86.8 Å². The van der Waals surface area contributed by atoms with Crippen molar-refractivity contribution in [3.05, 3.63) is 48.4 Å². The van der Waals surface area contributed by atoms with E-state index in [2.05, 4.69) is 30.4 Å². The lowest BCUT2D eigenvalue weighted by molar-refractivity contribution is 0.0949. The van der Waals surface area contributed by atoms with E-state index in [9.17, 15) is 4.79 Å². The van der Waals surface area contributed by atoms with E-state index in [0.29, 0.717) is 12.1 Å². The van der Waals surface area contributed by atoms with Crippen LogP contribution in [0.1, 0.15) is 29.6 Å². The van der Waals surface area contributed by atoms with E-state index >= 15 is 0 Å². The molecule has 25 heavy (non-hydrogen) atoms. The van der Waals surface area contributed by atoms with Crippen molar-refractivity contribution in [2.45, 2.75) is 25.3 Å². The van der Waals surface area contributed by atoms with Gasteiger partial charge in [-0.3, -0.25) is 9.89 Å². The number of hydrogen-bond donors (Lipinski definition) is 2. The largest absolute Gasteiger partial charge is 0.351 e. The average Bonchev–Trinajstić information content (AvgIpc) is 3.16. The summed E-state index contributed by atoms with van der Waals surface area (Å²) in [7, 11) is 0. The van der Waals surface area contributed by atoms with Gasteiger partial charge in [-0.1, -0.05) is 18.2 Å². The number of carbonyl (C=O) groups is 1. The number of carbonyl (C=O) groups excluding carboxylic acids is 1. The van der Waals surface area contributed by atoms with Gasteiger partial charge in [-0.2, -0.15) is 5.10 Å². The highest BCUT2D eigenvalue weighted by molar-refractivity contribution is 5.94. The zero-order valence-electron chi connectivity index (χ0n) is 13.9. The molecule has 1 aliphatic rings. The van der Waals surface area contributed by atoms with Crippen molar-refractivity contribution in [3.63, 3.8) is 0 Å². The molecule has 0 saturated carbocycles. The first-order valence-corrected chi connectivity index (χ1v) is 8.57. The van der Waals surface area contributed by atoms with Crippen LogP contribution in [0.5, 0.6) is 0 Å². The van der Waals surface area contributed by atoms with Crippen molar-refractivity contribution in [3.8, 4) is 0 Å². The smallest absolute Gasteiger partial charge is 0.251 e. The summed E-state index contributed by atoms with van der Waals surface area (Å²) >= 11 is 0. The molecule has 1 amide bonds. The van der Waals surface area contributed by atoms with Crippen LogP contribution in [0.15, 0.2) is 42.9 Å². The summed E-state index contributed by atoms with van der Waals surface area (Å²) in [5.74, 6) is 0.847. The monoisotopic (exact) mass is 336 g/mol. The van der Waals surface area contributed by atoms with Crippen LogP contribution < -0.4 is 10.2 Å². The fourth-order valence-corrected chi connectivity index (χ4v) is 3.37. The summed E-state index contributed by atoms with van der Waals surface area (Å²) in [6.07, 6.45) is 6.62. The third-order valence-electron chi connectivity index (χ3n) is 4.66. The lowest BCUT2D eigenvalue weighted by Gasteiger charge is -2.37. The maximum atomic E-state index is 12.3. The second-order valence-electron chi connectivity index (χ2n) is 6.25. The molecule has 0 aliphatic carbocycles. The molecule has 2 N–H and O–H groups in total. The Morgan fingerprint density at radius 2 is 2.12 bits per heavy atom. The average molecular weight is 336 g/mol. The highest BCUT2D eigenvalue weighted by atomic mass is 16.1. The number of rotatable bonds is 4. The number of piperidine rings is 1. The predicted octanol–water partition coefficient (Wildman–Crippen LogP) is 2.14. The summed E-state index contributed by atoms with van der Waals surface area (Å²) < 4.78 is 0. The summed E-state index contributed by atoms with van der Waals surface area (Å²) in [6, 6.07) is 9.53. The van der Waals surface area contributed by atoms with Gasteiger partial charge in [-0.15, -0.1) is 0 Å². The van der Waals surface area contributed by atoms with Gasteiger partial charge < -0.3 is 10.2 Å². The summed E-state index contributed by atoms with van der Waals surface area (Å²) in [5.41, 5.74) is 1.42. The number of H-pyrrole nitrogens is 1. The standard InChI is InChI=1S/C18H20N6O/c25-18(13-6-2-1-3-7-13)19-10-14-8-4-5-9-24(14)17-15-11-22-23-16(15)20-12-21-17/h1-3,6-7,11-12,14H,4-5,8-10H2,(H,19,25)(H,20,21,22,23)/t14-/m1/s1. The Hall–Kier alpha value is -2.96. The molecule has 1 saturated heterocycles. The third kappa shape index (κ3) is 3.17. The van der Waals surface area contributed by atoms with Crippen molar-refractivity contribution in [1.82, 2.24) is 25.5 Å². The molecule has 0 bridgehead atoms. The van der Waals surface area contributed by atoms with E-state index in [1.807, 2.05) is 30.3 Å². The normalized spacial score (nSPS) is 17.6. The van der Waals surface area contributed by atoms with Crippen LogP contribution in [0.2, 0.25) is 0 Å². The number of benzene rings is 1. The Kier molecular flexibility index (Phi) is 4.28. The first kappa shape index (κ1) is 15.6. The van der Waals surface area contributed by atoms with E-state index in [4.69, 9.17) is 0 Å². The second-order valence-corrected chi connectivity index (χ2v) is 6.25. The van der Waals surface area contributed by atoms with Crippen molar-refractivity contribution in [2.24, 2.45) is 0 Å². The minimum atomic E-state index is -0.0396. The molecule has 128 valence electrons. The van der Waals surface area contributed by atoms with E-state index in [-0.39, 0.29) is 11.9 Å². The van der Waals surface area contributed by atoms with Gasteiger partial charge in [0.15, 0.2) is 5.65 Å². The van der Waals surface area contributed by atoms with Crippen molar-refractivity contribution < 1.29 is 4.79 Å². The highest BCUT2D eigenvalue weighted by Crippen LogP contribution is 2.27. The fraction of sp³-hybridized carbons (Fsp3) is 0.333. The molecule has 1 aromatic carbocycles. The van der Waals surface area contributed by atoms with Crippen LogP contribution in [-0.4, -0.2) is 45.2 Å². The third-order valence-corrected chi connectivity index (χ3v) is 4.66. The fourth-order valence-electron chi connectivity index (χ4n) is 3.37. The summed E-state index contributed by atoms with van der Waals surface area (Å²) in [5, 5.41) is 10.9. The molecule has 1 fully saturated rings. The second kappa shape index (κ2) is 6.88. The Morgan fingerprint density at radius 3 is 3.00 bits per heavy atom. The minimum absolute atomic E-state index is 0.0396. The molecule has 0 spiro atoms. The van der Waals surface area contributed by atoms with E-state index in [1.165, 1.54) is 0 Å². The maximum Gasteiger partial charge on any atom is 0.251 e. The molecular formula is C18H20N6O. The van der Waals surface area contributed by atoms with Gasteiger partial charge in [-0.25, -0.2) is 9.97 Å². The molecule has 3 heterocycles. The number of aromatic amines is 1. The number of anilines is 1. The molecule has 7 heteroatoms. The number of aromatic nitrogens is 4. The molecular weight excluding hydrogens is 316 g/mol. The zero-order chi connectivity index (χ0) is 17.1. The van der Waals surface area contributed by atoms with Crippen LogP contribution in [0.3, 0.4) is 0 Å². The molecule has 1 aliphatic heterocycles. The van der Waals surface area contributed by atoms with Crippen LogP contribution in [0.25, 0.3) is 11.0 Å². The molecule has 0 radical (unpaired) electrons. The van der Waals surface area contributed by atoms with Gasteiger partial charge in [0.2, 0.25) is 0 Å². The van der Waals surface area contributed by atoms with Crippen molar-refractivity contribution in [1.29, 1.82) is 0 Å². The van der Waals surface area contributed by atoms with Gasteiger partial charge >= 0.3 is 0 Å². The Labute approximate surface area is 145 Å². The van der Waals surface area contributed by atoms with E-state index in [0.717, 1.165) is 42.7 Å². The Bertz CT molecular complexity index is 862. The lowest BCUT2D eigenvalue weighted by atomic mass is 10.0. The predicted molar refractivity (Wildman–Crippen MR) is 95.4 cm³/mol. The minimum Gasteiger partial charge on any atom is -0.351 e. The van der Waals surface area contributed by atoms with Crippen LogP contribution in [0, 0.1) is 0 Å². The SMILES string of the molecule is O=C(NC[C@H]1CCCCN1c1ncnc2[nH]ncc12)c1ccccc1. The quantitative estimate of drug-likeness (QED) is 0.762. The number of nitrogens with zero attached hydrogens (tertiary/aromatic N) is 4. The lowest BCUT2D eigenvalue weighted by Crippen LogP contribution is -2.47. The van der Waals surface area contributed by atoms with Crippen molar-refractivity contribution >= 4 is 22.8 Å². The Morgan fingerprint density at radius 1 is 1.24 bits per heavy atom. The first-order chi connectivity index (χ1) is 12.3. The number of fused-ring (bicyclic) bond motifs is 1. The molecule has 1 atom stereocenters. The first-order valence-electron chi connectivity index (χ1n) is 8.57. The zero-order valence-corrected chi connectivity index (χ0v) is 13.9. The maximum absolute atomic E-state index is 12.3. The van der Waals surface area contributed by atoms with Crippen LogP contribution >= 0.6 is 0 Å². The molecule has 4 rings (SSSR count). The summed E-state index contributed by atoms with van der Waals surface area (Å²) in [6.45, 7) is 1.51. The van der Waals surface area contributed by atoms with Gasteiger partial charge in [0, 0.05) is 24.7 Å². The summed E-state index contributed by atoms with van der Waals surface area (Å²) in [4.78, 5) is 23.3. The van der Waals surface area contributed by atoms with Gasteiger partial charge in [0.25, 0.3) is 5.91 Å². The Balaban J connectivity index is 1.52. The molecule has 7 nitrogen and oxygen atoms in total.